The van der Waals surface area contributed by atoms with Crippen LogP contribution in [0, 0.1) is 0 Å². The van der Waals surface area contributed by atoms with Gasteiger partial charge in [-0.2, -0.15) is 9.97 Å². The third-order valence-electron chi connectivity index (χ3n) is 0.792. The Morgan fingerprint density at radius 2 is 2.10 bits per heavy atom. The molecule has 1 N–H and O–H groups in total. The molecule has 0 fully saturated rings. The maximum Gasteiger partial charge on any atom is 0.319 e. The van der Waals surface area contributed by atoms with E-state index >= 15 is 0 Å². The van der Waals surface area contributed by atoms with Crippen LogP contribution in [-0.4, -0.2) is 33.3 Å². The Labute approximate surface area is 57.7 Å². The molecule has 1 heterocycles. The predicted octanol–water partition coefficient (Wildman–Crippen LogP) is -0.757. The molecule has 0 aliphatic carbocycles. The summed E-state index contributed by atoms with van der Waals surface area (Å²) in [4.78, 5) is 10.9. The summed E-state index contributed by atoms with van der Waals surface area (Å²) >= 11 is 0. The molecule has 0 unspecified atom stereocenters. The number of hydrogen-bond acceptors (Lipinski definition) is 5. The van der Waals surface area contributed by atoms with E-state index in [4.69, 9.17) is 9.84 Å². The molecule has 0 aliphatic heterocycles. The lowest BCUT2D eigenvalue weighted by Gasteiger charge is -1.97. The molecule has 0 spiro atoms. The third kappa shape index (κ3) is 1.94. The summed E-state index contributed by atoms with van der Waals surface area (Å²) in [6, 6.07) is 0.240. The second-order valence-electron chi connectivity index (χ2n) is 1.49. The first-order valence-electron chi connectivity index (χ1n) is 2.79. The van der Waals surface area contributed by atoms with Crippen molar-refractivity contribution in [1.29, 1.82) is 0 Å². The molecule has 0 radical (unpaired) electrons. The van der Waals surface area contributed by atoms with Gasteiger partial charge in [0.25, 0.3) is 0 Å². The molecular weight excluding hydrogens is 134 g/mol. The molecule has 1 aromatic heterocycles. The van der Waals surface area contributed by atoms with Gasteiger partial charge in [0.05, 0.1) is 6.61 Å². The highest BCUT2D eigenvalue weighted by Gasteiger charge is 1.91. The molecule has 5 nitrogen and oxygen atoms in total. The van der Waals surface area contributed by atoms with E-state index in [9.17, 15) is 0 Å². The highest BCUT2D eigenvalue weighted by Crippen LogP contribution is 1.93. The van der Waals surface area contributed by atoms with Crippen LogP contribution in [0.15, 0.2) is 12.7 Å². The minimum Gasteiger partial charge on any atom is -0.461 e. The van der Waals surface area contributed by atoms with Crippen molar-refractivity contribution in [3.8, 4) is 6.01 Å². The van der Waals surface area contributed by atoms with E-state index in [0.29, 0.717) is 0 Å². The van der Waals surface area contributed by atoms with Crippen molar-refractivity contribution in [3.63, 3.8) is 0 Å². The van der Waals surface area contributed by atoms with E-state index in [-0.39, 0.29) is 19.2 Å². The van der Waals surface area contributed by atoms with E-state index in [2.05, 4.69) is 15.0 Å². The molecule has 1 rings (SSSR count). The second kappa shape index (κ2) is 3.73. The fourth-order valence-corrected chi connectivity index (χ4v) is 0.440. The topological polar surface area (TPSA) is 68.1 Å². The number of ether oxygens (including phenoxy) is 1. The fraction of sp³-hybridized carbons (Fsp3) is 0.400. The van der Waals surface area contributed by atoms with Crippen LogP contribution in [-0.2, 0) is 0 Å². The van der Waals surface area contributed by atoms with Gasteiger partial charge in [0.1, 0.15) is 19.3 Å². The van der Waals surface area contributed by atoms with Gasteiger partial charge in [-0.3, -0.25) is 0 Å². The number of hydrogen-bond donors (Lipinski definition) is 1. The van der Waals surface area contributed by atoms with Crippen molar-refractivity contribution in [2.75, 3.05) is 13.2 Å². The summed E-state index contributed by atoms with van der Waals surface area (Å²) in [7, 11) is 0. The van der Waals surface area contributed by atoms with Crippen LogP contribution in [0.25, 0.3) is 0 Å². The first-order chi connectivity index (χ1) is 4.93. The van der Waals surface area contributed by atoms with E-state index in [0.717, 1.165) is 0 Å². The van der Waals surface area contributed by atoms with Crippen LogP contribution < -0.4 is 4.74 Å². The first-order valence-corrected chi connectivity index (χ1v) is 2.79. The van der Waals surface area contributed by atoms with Crippen molar-refractivity contribution in [3.05, 3.63) is 12.7 Å². The molecule has 0 aromatic carbocycles. The molecular formula is C5H7N3O2. The van der Waals surface area contributed by atoms with Crippen molar-refractivity contribution in [1.82, 2.24) is 15.0 Å². The largest absolute Gasteiger partial charge is 0.461 e. The highest BCUT2D eigenvalue weighted by molar-refractivity contribution is 4.86. The van der Waals surface area contributed by atoms with Gasteiger partial charge < -0.3 is 9.84 Å². The molecule has 0 saturated carbocycles. The number of aliphatic hydroxyl groups excluding tert-OH is 1. The number of aromatic nitrogens is 3. The Balaban J connectivity index is 2.43. The van der Waals surface area contributed by atoms with Gasteiger partial charge in [0.15, 0.2) is 0 Å². The molecule has 0 amide bonds. The van der Waals surface area contributed by atoms with Crippen LogP contribution in [0.3, 0.4) is 0 Å². The summed E-state index contributed by atoms with van der Waals surface area (Å²) < 4.78 is 4.84. The molecule has 1 aromatic rings. The Morgan fingerprint density at radius 3 is 2.70 bits per heavy atom. The van der Waals surface area contributed by atoms with E-state index in [1.165, 1.54) is 12.7 Å². The van der Waals surface area contributed by atoms with Gasteiger partial charge in [-0.1, -0.05) is 0 Å². The second-order valence-corrected chi connectivity index (χ2v) is 1.49. The zero-order chi connectivity index (χ0) is 7.23. The van der Waals surface area contributed by atoms with Crippen molar-refractivity contribution >= 4 is 0 Å². The van der Waals surface area contributed by atoms with Crippen LogP contribution in [0.4, 0.5) is 0 Å². The smallest absolute Gasteiger partial charge is 0.319 e. The minimum absolute atomic E-state index is 0.0360. The number of nitrogens with zero attached hydrogens (tertiary/aromatic N) is 3. The minimum atomic E-state index is -0.0360. The lowest BCUT2D eigenvalue weighted by molar-refractivity contribution is 0.191. The van der Waals surface area contributed by atoms with Gasteiger partial charge in [-0.15, -0.1) is 0 Å². The molecule has 5 heteroatoms. The fourth-order valence-electron chi connectivity index (χ4n) is 0.440. The van der Waals surface area contributed by atoms with Crippen molar-refractivity contribution in [2.24, 2.45) is 0 Å². The zero-order valence-electron chi connectivity index (χ0n) is 5.27. The highest BCUT2D eigenvalue weighted by atomic mass is 16.5. The SMILES string of the molecule is OCCOc1ncncn1. The average Bonchev–Trinajstić information content (AvgIpc) is 2.03. The monoisotopic (exact) mass is 141 g/mol. The van der Waals surface area contributed by atoms with Crippen LogP contribution in [0.2, 0.25) is 0 Å². The molecule has 0 aliphatic rings. The summed E-state index contributed by atoms with van der Waals surface area (Å²) in [5.41, 5.74) is 0. The van der Waals surface area contributed by atoms with Gasteiger partial charge in [0, 0.05) is 0 Å². The number of rotatable bonds is 3. The Morgan fingerprint density at radius 1 is 1.40 bits per heavy atom. The Hall–Kier alpha value is -1.23. The van der Waals surface area contributed by atoms with Crippen LogP contribution in [0.5, 0.6) is 6.01 Å². The Bertz CT molecular complexity index is 180. The zero-order valence-corrected chi connectivity index (χ0v) is 5.27. The van der Waals surface area contributed by atoms with Crippen LogP contribution in [0.1, 0.15) is 0 Å². The lowest BCUT2D eigenvalue weighted by Crippen LogP contribution is -2.04. The summed E-state index contributed by atoms with van der Waals surface area (Å²) in [6.07, 6.45) is 2.67. The quantitative estimate of drug-likeness (QED) is 0.599. The normalized spacial score (nSPS) is 9.30. The van der Waals surface area contributed by atoms with Gasteiger partial charge in [-0.05, 0) is 0 Å². The molecule has 0 saturated heterocycles. The van der Waals surface area contributed by atoms with E-state index < -0.39 is 0 Å². The van der Waals surface area contributed by atoms with Gasteiger partial charge in [-0.25, -0.2) is 4.98 Å². The summed E-state index contributed by atoms with van der Waals surface area (Å²) in [6.45, 7) is 0.176. The molecule has 0 atom stereocenters. The maximum absolute atomic E-state index is 8.33. The van der Waals surface area contributed by atoms with Crippen molar-refractivity contribution in [2.45, 2.75) is 0 Å². The number of aliphatic hydroxyl groups is 1. The predicted molar refractivity (Wildman–Crippen MR) is 32.4 cm³/mol. The molecule has 54 valence electrons. The average molecular weight is 141 g/mol. The molecule has 10 heavy (non-hydrogen) atoms. The van der Waals surface area contributed by atoms with Gasteiger partial charge >= 0.3 is 6.01 Å². The summed E-state index contributed by atoms with van der Waals surface area (Å²) in [5, 5.41) is 8.33. The van der Waals surface area contributed by atoms with Crippen LogP contribution >= 0.6 is 0 Å². The third-order valence-corrected chi connectivity index (χ3v) is 0.792. The first kappa shape index (κ1) is 6.88. The van der Waals surface area contributed by atoms with E-state index in [1.54, 1.807) is 0 Å². The van der Waals surface area contributed by atoms with Crippen molar-refractivity contribution < 1.29 is 9.84 Å². The lowest BCUT2D eigenvalue weighted by atomic mass is 10.8. The Kier molecular flexibility index (Phi) is 2.57. The summed E-state index contributed by atoms with van der Waals surface area (Å²) in [5.74, 6) is 0. The maximum atomic E-state index is 8.33. The standard InChI is InChI=1S/C5H7N3O2/c9-1-2-10-5-7-3-6-4-8-5/h3-4,9H,1-2H2. The molecule has 0 bridgehead atoms. The van der Waals surface area contributed by atoms with Gasteiger partial charge in [0.2, 0.25) is 0 Å². The van der Waals surface area contributed by atoms with E-state index in [1.807, 2.05) is 0 Å².